The Morgan fingerprint density at radius 1 is 1.26 bits per heavy atom. The van der Waals surface area contributed by atoms with E-state index in [0.717, 1.165) is 6.07 Å². The van der Waals surface area contributed by atoms with Crippen molar-refractivity contribution in [3.63, 3.8) is 0 Å². The van der Waals surface area contributed by atoms with E-state index in [9.17, 15) is 13.6 Å². The zero-order valence-corrected chi connectivity index (χ0v) is 15.9. The molecule has 0 aliphatic heterocycles. The molecule has 5 nitrogen and oxygen atoms in total. The van der Waals surface area contributed by atoms with Gasteiger partial charge in [-0.15, -0.1) is 24.0 Å². The lowest BCUT2D eigenvalue weighted by molar-refractivity contribution is -0.127. The monoisotopic (exact) mass is 440 g/mol. The molecule has 0 saturated heterocycles. The Morgan fingerprint density at radius 3 is 2.57 bits per heavy atom. The van der Waals surface area contributed by atoms with Crippen LogP contribution >= 0.6 is 24.0 Å². The number of nitrogens with zero attached hydrogens (tertiary/aromatic N) is 2. The summed E-state index contributed by atoms with van der Waals surface area (Å²) in [6, 6.07) is 4.10. The van der Waals surface area contributed by atoms with E-state index in [1.54, 1.807) is 20.2 Å². The van der Waals surface area contributed by atoms with Crippen LogP contribution in [0.4, 0.5) is 8.78 Å². The van der Waals surface area contributed by atoms with Crippen molar-refractivity contribution in [2.24, 2.45) is 4.99 Å². The number of guanidine groups is 1. The van der Waals surface area contributed by atoms with Gasteiger partial charge in [0.15, 0.2) is 17.6 Å². The zero-order valence-electron chi connectivity index (χ0n) is 13.5. The summed E-state index contributed by atoms with van der Waals surface area (Å²) < 4.78 is 26.6. The van der Waals surface area contributed by atoms with Gasteiger partial charge in [0, 0.05) is 27.2 Å². The third kappa shape index (κ3) is 7.58. The summed E-state index contributed by atoms with van der Waals surface area (Å²) in [5.74, 6) is -1.33. The average Bonchev–Trinajstić information content (AvgIpc) is 2.48. The lowest BCUT2D eigenvalue weighted by Crippen LogP contribution is -2.39. The van der Waals surface area contributed by atoms with E-state index < -0.39 is 11.6 Å². The molecule has 8 heteroatoms. The fourth-order valence-electron chi connectivity index (χ4n) is 1.69. The van der Waals surface area contributed by atoms with Gasteiger partial charge in [-0.1, -0.05) is 12.1 Å². The molecule has 0 aromatic heterocycles. The maximum atomic E-state index is 13.5. The molecule has 1 aromatic carbocycles. The van der Waals surface area contributed by atoms with Crippen LogP contribution in [0.15, 0.2) is 23.2 Å². The lowest BCUT2D eigenvalue weighted by atomic mass is 10.1. The number of likely N-dealkylation sites (N-methyl/N-ethyl adjacent to an activating group) is 1. The molecule has 0 aliphatic rings. The van der Waals surface area contributed by atoms with E-state index in [0.29, 0.717) is 31.0 Å². The molecule has 0 radical (unpaired) electrons. The van der Waals surface area contributed by atoms with Crippen molar-refractivity contribution in [3.8, 4) is 0 Å². The number of aliphatic imine (C=N–C) groups is 1. The second-order valence-corrected chi connectivity index (χ2v) is 4.87. The van der Waals surface area contributed by atoms with Crippen LogP contribution in [-0.4, -0.2) is 50.5 Å². The second-order valence-electron chi connectivity index (χ2n) is 4.87. The molecule has 1 amide bonds. The van der Waals surface area contributed by atoms with Crippen LogP contribution in [0.2, 0.25) is 0 Å². The van der Waals surface area contributed by atoms with Gasteiger partial charge in [0.05, 0.1) is 0 Å². The van der Waals surface area contributed by atoms with Gasteiger partial charge in [0.25, 0.3) is 0 Å². The number of carbonyl (C=O) groups excluding carboxylic acids is 1. The Kier molecular flexibility index (Phi) is 10.4. The summed E-state index contributed by atoms with van der Waals surface area (Å²) in [5.41, 5.74) is 0.299. The number of carbonyl (C=O) groups is 1. The summed E-state index contributed by atoms with van der Waals surface area (Å²) in [4.78, 5) is 17.1. The highest BCUT2D eigenvalue weighted by Crippen LogP contribution is 2.11. The van der Waals surface area contributed by atoms with Crippen LogP contribution in [0.1, 0.15) is 12.5 Å². The van der Waals surface area contributed by atoms with Gasteiger partial charge in [0.1, 0.15) is 6.54 Å². The third-order valence-corrected chi connectivity index (χ3v) is 2.93. The molecular weight excluding hydrogens is 417 g/mol. The normalized spacial score (nSPS) is 10.7. The first kappa shape index (κ1) is 21.6. The van der Waals surface area contributed by atoms with Crippen molar-refractivity contribution in [1.82, 2.24) is 15.5 Å². The number of halogens is 3. The van der Waals surface area contributed by atoms with Gasteiger partial charge in [-0.25, -0.2) is 13.8 Å². The van der Waals surface area contributed by atoms with Crippen molar-refractivity contribution < 1.29 is 13.6 Å². The van der Waals surface area contributed by atoms with Crippen LogP contribution < -0.4 is 10.6 Å². The average molecular weight is 440 g/mol. The first-order valence-electron chi connectivity index (χ1n) is 7.11. The minimum atomic E-state index is -0.852. The van der Waals surface area contributed by atoms with Crippen molar-refractivity contribution >= 4 is 35.8 Å². The van der Waals surface area contributed by atoms with Crippen molar-refractivity contribution in [2.75, 3.05) is 33.7 Å². The molecule has 130 valence electrons. The Bertz CT molecular complexity index is 538. The van der Waals surface area contributed by atoms with Crippen LogP contribution in [-0.2, 0) is 11.2 Å². The minimum absolute atomic E-state index is 0. The van der Waals surface area contributed by atoms with Gasteiger partial charge in [-0.05, 0) is 25.0 Å². The zero-order chi connectivity index (χ0) is 16.5. The standard InChI is InChI=1S/C15H22F2N4O.HI/c1-4-18-15(20-10-13(22)21(2)3)19-9-8-11-6-5-7-12(16)14(11)17;/h5-7H,4,8-10H2,1-3H3,(H2,18,19,20);1H. The third-order valence-electron chi connectivity index (χ3n) is 2.93. The Labute approximate surface area is 152 Å². The highest BCUT2D eigenvalue weighted by Gasteiger charge is 2.08. The number of rotatable bonds is 6. The van der Waals surface area contributed by atoms with Gasteiger partial charge in [0.2, 0.25) is 5.91 Å². The first-order valence-corrected chi connectivity index (χ1v) is 7.11. The van der Waals surface area contributed by atoms with Crippen LogP contribution in [0.5, 0.6) is 0 Å². The second kappa shape index (κ2) is 11.1. The van der Waals surface area contributed by atoms with Gasteiger partial charge < -0.3 is 15.5 Å². The summed E-state index contributed by atoms with van der Waals surface area (Å²) >= 11 is 0. The van der Waals surface area contributed by atoms with Crippen molar-refractivity contribution in [1.29, 1.82) is 0 Å². The molecule has 2 N–H and O–H groups in total. The number of hydrogen-bond donors (Lipinski definition) is 2. The van der Waals surface area contributed by atoms with Crippen LogP contribution in [0.25, 0.3) is 0 Å². The van der Waals surface area contributed by atoms with Crippen molar-refractivity contribution in [2.45, 2.75) is 13.3 Å². The number of hydrogen-bond acceptors (Lipinski definition) is 2. The molecule has 1 aromatic rings. The molecule has 0 fully saturated rings. The Balaban J connectivity index is 0.00000484. The summed E-state index contributed by atoms with van der Waals surface area (Å²) in [7, 11) is 3.32. The van der Waals surface area contributed by atoms with Gasteiger partial charge >= 0.3 is 0 Å². The number of nitrogens with one attached hydrogen (secondary N) is 2. The van der Waals surface area contributed by atoms with E-state index in [1.807, 2.05) is 6.92 Å². The number of benzene rings is 1. The topological polar surface area (TPSA) is 56.7 Å². The summed E-state index contributed by atoms with van der Waals surface area (Å²) in [6.45, 7) is 2.94. The maximum absolute atomic E-state index is 13.5. The molecule has 23 heavy (non-hydrogen) atoms. The maximum Gasteiger partial charge on any atom is 0.243 e. The summed E-state index contributed by atoms with van der Waals surface area (Å²) in [5, 5.41) is 5.98. The SMILES string of the molecule is CCNC(=NCC(=O)N(C)C)NCCc1cccc(F)c1F.I. The first-order chi connectivity index (χ1) is 10.5. The van der Waals surface area contributed by atoms with E-state index >= 15 is 0 Å². The largest absolute Gasteiger partial charge is 0.357 e. The van der Waals surface area contributed by atoms with E-state index in [1.165, 1.54) is 11.0 Å². The fourth-order valence-corrected chi connectivity index (χ4v) is 1.69. The van der Waals surface area contributed by atoms with Crippen molar-refractivity contribution in [3.05, 3.63) is 35.4 Å². The van der Waals surface area contributed by atoms with E-state index in [2.05, 4.69) is 15.6 Å². The molecular formula is C15H23F2IN4O. The molecule has 0 heterocycles. The molecule has 0 saturated carbocycles. The quantitative estimate of drug-likeness (QED) is 0.403. The molecule has 0 atom stereocenters. The fraction of sp³-hybridized carbons (Fsp3) is 0.467. The Morgan fingerprint density at radius 2 is 1.96 bits per heavy atom. The van der Waals surface area contributed by atoms with Gasteiger partial charge in [-0.3, -0.25) is 4.79 Å². The highest BCUT2D eigenvalue weighted by atomic mass is 127. The predicted molar refractivity (Wildman–Crippen MR) is 98.2 cm³/mol. The summed E-state index contributed by atoms with van der Waals surface area (Å²) in [6.07, 6.45) is 0.315. The smallest absolute Gasteiger partial charge is 0.243 e. The molecule has 0 unspecified atom stereocenters. The van der Waals surface area contributed by atoms with E-state index in [-0.39, 0.29) is 36.4 Å². The Hall–Kier alpha value is -1.45. The minimum Gasteiger partial charge on any atom is -0.357 e. The molecule has 0 aliphatic carbocycles. The molecule has 1 rings (SSSR count). The van der Waals surface area contributed by atoms with Gasteiger partial charge in [-0.2, -0.15) is 0 Å². The predicted octanol–water partition coefficient (Wildman–Crippen LogP) is 1.77. The van der Waals surface area contributed by atoms with Crippen LogP contribution in [0.3, 0.4) is 0 Å². The molecule has 0 bridgehead atoms. The lowest BCUT2D eigenvalue weighted by Gasteiger charge is -2.13. The molecule has 0 spiro atoms. The van der Waals surface area contributed by atoms with E-state index in [4.69, 9.17) is 0 Å². The highest BCUT2D eigenvalue weighted by molar-refractivity contribution is 14.0. The van der Waals surface area contributed by atoms with Crippen LogP contribution in [0, 0.1) is 11.6 Å². The number of amides is 1.